The first-order valence-electron chi connectivity index (χ1n) is 11.4. The Labute approximate surface area is 177 Å². The molecular weight excluding hydrogens is 383 g/mol. The second-order valence-electron chi connectivity index (χ2n) is 9.42. The molecule has 1 saturated carbocycles. The molecule has 3 aliphatic heterocycles. The highest BCUT2D eigenvalue weighted by atomic mass is 19.1. The summed E-state index contributed by atoms with van der Waals surface area (Å²) in [4.78, 5) is 29.5. The lowest BCUT2D eigenvalue weighted by Crippen LogP contribution is -2.56. The van der Waals surface area contributed by atoms with Crippen LogP contribution in [-0.2, 0) is 16.0 Å². The van der Waals surface area contributed by atoms with Crippen LogP contribution in [0.25, 0.3) is 0 Å². The summed E-state index contributed by atoms with van der Waals surface area (Å²) >= 11 is 0. The van der Waals surface area contributed by atoms with Crippen LogP contribution in [0, 0.1) is 12.7 Å². The first kappa shape index (κ1) is 19.8. The van der Waals surface area contributed by atoms with Crippen LogP contribution in [0.4, 0.5) is 10.1 Å². The number of anilines is 1. The van der Waals surface area contributed by atoms with Gasteiger partial charge in [0.2, 0.25) is 11.8 Å². The van der Waals surface area contributed by atoms with Gasteiger partial charge in [-0.05, 0) is 50.7 Å². The number of hydrogen-bond donors (Lipinski definition) is 2. The van der Waals surface area contributed by atoms with Crippen LogP contribution in [0.15, 0.2) is 12.1 Å². The standard InChI is InChI=1S/C23H31FN4O2/c1-14-5-7-19(24)18-12-20(26-22(14)18)23(30)25-15-3-2-4-16(11-15)27-9-10-28-17(13-27)6-8-21(28)29/h5,7,15-17,20,26H,2-4,6,8-13H2,1H3,(H,25,30)/t15-,16-,17?,20?/m1/s1. The molecule has 6 nitrogen and oxygen atoms in total. The average Bonchev–Trinajstić information content (AvgIpc) is 3.36. The van der Waals surface area contributed by atoms with Gasteiger partial charge in [0.15, 0.2) is 0 Å². The Balaban J connectivity index is 1.17. The largest absolute Gasteiger partial charge is 0.373 e. The van der Waals surface area contributed by atoms with Crippen molar-refractivity contribution in [1.29, 1.82) is 0 Å². The van der Waals surface area contributed by atoms with E-state index >= 15 is 0 Å². The number of rotatable bonds is 3. The lowest BCUT2D eigenvalue weighted by atomic mass is 9.89. The van der Waals surface area contributed by atoms with E-state index in [1.165, 1.54) is 6.07 Å². The van der Waals surface area contributed by atoms with Crippen LogP contribution in [0.2, 0.25) is 0 Å². The van der Waals surface area contributed by atoms with E-state index in [4.69, 9.17) is 0 Å². The minimum absolute atomic E-state index is 0.0261. The smallest absolute Gasteiger partial charge is 0.243 e. The normalized spacial score (nSPS) is 31.3. The summed E-state index contributed by atoms with van der Waals surface area (Å²) < 4.78 is 14.1. The number of nitrogens with zero attached hydrogens (tertiary/aromatic N) is 2. The summed E-state index contributed by atoms with van der Waals surface area (Å²) in [5.74, 6) is 0.0488. The van der Waals surface area contributed by atoms with Crippen LogP contribution in [0.3, 0.4) is 0 Å². The highest BCUT2D eigenvalue weighted by Crippen LogP contribution is 2.32. The summed E-state index contributed by atoms with van der Waals surface area (Å²) in [5.41, 5.74) is 2.38. The van der Waals surface area contributed by atoms with Crippen molar-refractivity contribution in [3.63, 3.8) is 0 Å². The molecule has 5 rings (SSSR count). The second-order valence-corrected chi connectivity index (χ2v) is 9.42. The van der Waals surface area contributed by atoms with Crippen molar-refractivity contribution in [2.45, 2.75) is 76.0 Å². The van der Waals surface area contributed by atoms with Crippen molar-refractivity contribution in [3.05, 3.63) is 29.1 Å². The molecule has 162 valence electrons. The van der Waals surface area contributed by atoms with Gasteiger partial charge in [-0.3, -0.25) is 14.5 Å². The first-order chi connectivity index (χ1) is 14.5. The summed E-state index contributed by atoms with van der Waals surface area (Å²) in [6.45, 7) is 4.68. The highest BCUT2D eigenvalue weighted by molar-refractivity contribution is 5.88. The van der Waals surface area contributed by atoms with Crippen LogP contribution in [-0.4, -0.2) is 65.4 Å². The zero-order chi connectivity index (χ0) is 20.8. The number of fused-ring (bicyclic) bond motifs is 2. The lowest BCUT2D eigenvalue weighted by Gasteiger charge is -2.44. The van der Waals surface area contributed by atoms with Crippen LogP contribution >= 0.6 is 0 Å². The maximum atomic E-state index is 14.1. The lowest BCUT2D eigenvalue weighted by molar-refractivity contribution is -0.131. The Bertz CT molecular complexity index is 829. The number of hydrogen-bond acceptors (Lipinski definition) is 4. The molecule has 3 heterocycles. The molecule has 1 aliphatic carbocycles. The molecule has 0 spiro atoms. The van der Waals surface area contributed by atoms with Gasteiger partial charge in [-0.25, -0.2) is 4.39 Å². The van der Waals surface area contributed by atoms with Crippen molar-refractivity contribution < 1.29 is 14.0 Å². The third-order valence-corrected chi connectivity index (χ3v) is 7.54. The van der Waals surface area contributed by atoms with Crippen LogP contribution < -0.4 is 10.6 Å². The van der Waals surface area contributed by atoms with Gasteiger partial charge < -0.3 is 15.5 Å². The van der Waals surface area contributed by atoms with E-state index in [2.05, 4.69) is 20.4 Å². The predicted molar refractivity (Wildman–Crippen MR) is 113 cm³/mol. The fourth-order valence-corrected chi connectivity index (χ4v) is 5.88. The molecule has 1 aromatic carbocycles. The number of halogens is 1. The first-order valence-corrected chi connectivity index (χ1v) is 11.4. The minimum atomic E-state index is -0.399. The van der Waals surface area contributed by atoms with Gasteiger partial charge >= 0.3 is 0 Å². The summed E-state index contributed by atoms with van der Waals surface area (Å²) in [6, 6.07) is 3.85. The molecule has 2 N–H and O–H groups in total. The van der Waals surface area contributed by atoms with Gasteiger partial charge in [0, 0.05) is 61.9 Å². The third-order valence-electron chi connectivity index (χ3n) is 7.54. The third kappa shape index (κ3) is 3.57. The molecule has 3 fully saturated rings. The highest BCUT2D eigenvalue weighted by Gasteiger charge is 2.39. The van der Waals surface area contributed by atoms with Gasteiger partial charge in [0.25, 0.3) is 0 Å². The van der Waals surface area contributed by atoms with E-state index in [0.29, 0.717) is 36.4 Å². The molecule has 0 radical (unpaired) electrons. The Morgan fingerprint density at radius 3 is 2.90 bits per heavy atom. The number of amides is 2. The molecule has 0 aromatic heterocycles. The van der Waals surface area contributed by atoms with E-state index in [1.54, 1.807) is 6.07 Å². The molecule has 0 bridgehead atoms. The molecule has 2 amide bonds. The molecular formula is C23H31FN4O2. The zero-order valence-corrected chi connectivity index (χ0v) is 17.6. The minimum Gasteiger partial charge on any atom is -0.373 e. The summed E-state index contributed by atoms with van der Waals surface area (Å²) in [6.07, 6.45) is 6.29. The van der Waals surface area contributed by atoms with Crippen molar-refractivity contribution in [1.82, 2.24) is 15.1 Å². The molecule has 2 unspecified atom stereocenters. The molecule has 30 heavy (non-hydrogen) atoms. The fourth-order valence-electron chi connectivity index (χ4n) is 5.88. The van der Waals surface area contributed by atoms with E-state index in [1.807, 2.05) is 6.92 Å². The SMILES string of the molecule is Cc1ccc(F)c2c1NC(C(=O)N[C@@H]1CCC[C@@H](N3CCN4C(=O)CCC4C3)C1)C2. The Morgan fingerprint density at radius 1 is 1.20 bits per heavy atom. The molecule has 4 atom stereocenters. The molecule has 4 aliphatic rings. The van der Waals surface area contributed by atoms with E-state index < -0.39 is 6.04 Å². The number of carbonyl (C=O) groups excluding carboxylic acids is 2. The fraction of sp³-hybridized carbons (Fsp3) is 0.652. The predicted octanol–water partition coefficient (Wildman–Crippen LogP) is 2.20. The topological polar surface area (TPSA) is 64.7 Å². The van der Waals surface area contributed by atoms with Crippen molar-refractivity contribution in [2.75, 3.05) is 25.0 Å². The van der Waals surface area contributed by atoms with E-state index in [-0.39, 0.29) is 17.8 Å². The van der Waals surface area contributed by atoms with Crippen LogP contribution in [0.5, 0.6) is 0 Å². The summed E-state index contributed by atoms with van der Waals surface area (Å²) in [7, 11) is 0. The number of nitrogens with one attached hydrogen (secondary N) is 2. The zero-order valence-electron chi connectivity index (χ0n) is 17.6. The number of carbonyl (C=O) groups is 2. The maximum absolute atomic E-state index is 14.1. The number of benzene rings is 1. The van der Waals surface area contributed by atoms with E-state index in [9.17, 15) is 14.0 Å². The molecule has 1 aromatic rings. The monoisotopic (exact) mass is 414 g/mol. The van der Waals surface area contributed by atoms with Crippen molar-refractivity contribution in [2.24, 2.45) is 0 Å². The van der Waals surface area contributed by atoms with Gasteiger partial charge in [-0.1, -0.05) is 6.07 Å². The molecule has 2 saturated heterocycles. The maximum Gasteiger partial charge on any atom is 0.243 e. The molecule has 7 heteroatoms. The Hall–Kier alpha value is -2.15. The number of piperazine rings is 1. The van der Waals surface area contributed by atoms with E-state index in [0.717, 1.165) is 63.0 Å². The van der Waals surface area contributed by atoms with Crippen molar-refractivity contribution >= 4 is 17.5 Å². The van der Waals surface area contributed by atoms with Crippen LogP contribution in [0.1, 0.15) is 49.7 Å². The average molecular weight is 415 g/mol. The second kappa shape index (κ2) is 7.84. The van der Waals surface area contributed by atoms with Gasteiger partial charge in [-0.2, -0.15) is 0 Å². The summed E-state index contributed by atoms with van der Waals surface area (Å²) in [5, 5.41) is 6.48. The van der Waals surface area contributed by atoms with Gasteiger partial charge in [-0.15, -0.1) is 0 Å². The Kier molecular flexibility index (Phi) is 5.17. The quantitative estimate of drug-likeness (QED) is 0.796. The van der Waals surface area contributed by atoms with Gasteiger partial charge in [0.05, 0.1) is 0 Å². The number of aryl methyl sites for hydroxylation is 1. The van der Waals surface area contributed by atoms with Crippen molar-refractivity contribution in [3.8, 4) is 0 Å². The Morgan fingerprint density at radius 2 is 2.07 bits per heavy atom. The van der Waals surface area contributed by atoms with Gasteiger partial charge in [0.1, 0.15) is 11.9 Å².